The van der Waals surface area contributed by atoms with E-state index in [0.29, 0.717) is 0 Å². The lowest BCUT2D eigenvalue weighted by molar-refractivity contribution is 0.768. The highest BCUT2D eigenvalue weighted by atomic mass is 32.1. The Morgan fingerprint density at radius 3 is 1.63 bits per heavy atom. The second-order valence-corrected chi connectivity index (χ2v) is 14.5. The van der Waals surface area contributed by atoms with Crippen LogP contribution in [0, 0.1) is 0 Å². The van der Waals surface area contributed by atoms with Crippen molar-refractivity contribution in [3.05, 3.63) is 222 Å². The maximum absolute atomic E-state index is 3.57. The van der Waals surface area contributed by atoms with Crippen LogP contribution in [-0.4, -0.2) is 0 Å². The Morgan fingerprint density at radius 1 is 0.385 bits per heavy atom. The molecule has 8 aromatic carbocycles. The first-order chi connectivity index (χ1) is 25.8. The van der Waals surface area contributed by atoms with E-state index in [1.54, 1.807) is 0 Å². The molecule has 1 aliphatic carbocycles. The van der Waals surface area contributed by atoms with Gasteiger partial charge in [-0.25, -0.2) is 0 Å². The maximum atomic E-state index is 3.57. The van der Waals surface area contributed by atoms with Crippen molar-refractivity contribution in [3.8, 4) is 11.1 Å². The molecule has 9 aromatic rings. The molecule has 246 valence electrons. The summed E-state index contributed by atoms with van der Waals surface area (Å²) in [5.74, 6) is 0. The van der Waals surface area contributed by atoms with E-state index in [1.807, 2.05) is 17.4 Å². The zero-order valence-electron chi connectivity index (χ0n) is 28.4. The maximum Gasteiger partial charge on any atom is 0.0714 e. The smallest absolute Gasteiger partial charge is 0.0714 e. The van der Waals surface area contributed by atoms with E-state index in [9.17, 15) is 0 Å². The fourth-order valence-corrected chi connectivity index (χ4v) is 9.46. The molecular formula is C49H34N2S. The van der Waals surface area contributed by atoms with Crippen LogP contribution in [0.15, 0.2) is 200 Å². The van der Waals surface area contributed by atoms with Gasteiger partial charge >= 0.3 is 0 Å². The quantitative estimate of drug-likeness (QED) is 0.180. The van der Waals surface area contributed by atoms with Crippen LogP contribution < -0.4 is 10.2 Å². The molecule has 1 aromatic heterocycles. The molecule has 0 fully saturated rings. The minimum Gasteiger partial charge on any atom is -0.355 e. The number of benzene rings is 8. The van der Waals surface area contributed by atoms with Gasteiger partial charge in [-0.2, -0.15) is 0 Å². The van der Waals surface area contributed by atoms with Gasteiger partial charge in [-0.05, 0) is 94.0 Å². The molecule has 0 aliphatic heterocycles. The van der Waals surface area contributed by atoms with Crippen molar-refractivity contribution in [1.82, 2.24) is 0 Å². The molecule has 10 rings (SSSR count). The van der Waals surface area contributed by atoms with Gasteiger partial charge in [-0.3, -0.25) is 0 Å². The van der Waals surface area contributed by atoms with Crippen molar-refractivity contribution in [2.24, 2.45) is 0 Å². The Bertz CT molecular complexity index is 2670. The fourth-order valence-electron chi connectivity index (χ4n) is 8.29. The van der Waals surface area contributed by atoms with E-state index < -0.39 is 5.41 Å². The topological polar surface area (TPSA) is 15.3 Å². The third-order valence-electron chi connectivity index (χ3n) is 10.5. The second-order valence-electron chi connectivity index (χ2n) is 13.4. The minimum absolute atomic E-state index is 0.465. The van der Waals surface area contributed by atoms with E-state index in [0.717, 1.165) is 28.4 Å². The summed E-state index contributed by atoms with van der Waals surface area (Å²) in [6.45, 7) is 0. The van der Waals surface area contributed by atoms with Crippen LogP contribution in [-0.2, 0) is 5.41 Å². The number of para-hydroxylation sites is 2. The summed E-state index contributed by atoms with van der Waals surface area (Å²) in [5.41, 5.74) is 12.8. The van der Waals surface area contributed by atoms with Gasteiger partial charge in [0.05, 0.1) is 5.41 Å². The highest BCUT2D eigenvalue weighted by Gasteiger charge is 2.46. The first kappa shape index (κ1) is 30.4. The Hall–Kier alpha value is -6.42. The van der Waals surface area contributed by atoms with Crippen molar-refractivity contribution in [1.29, 1.82) is 0 Å². The first-order valence-corrected chi connectivity index (χ1v) is 18.6. The molecule has 3 heteroatoms. The van der Waals surface area contributed by atoms with Gasteiger partial charge in [-0.15, -0.1) is 11.3 Å². The third-order valence-corrected chi connectivity index (χ3v) is 11.6. The molecule has 52 heavy (non-hydrogen) atoms. The van der Waals surface area contributed by atoms with Crippen LogP contribution in [0.5, 0.6) is 0 Å². The minimum atomic E-state index is -0.465. The third kappa shape index (κ3) is 4.85. The summed E-state index contributed by atoms with van der Waals surface area (Å²) < 4.78 is 2.53. The van der Waals surface area contributed by atoms with Crippen molar-refractivity contribution in [3.63, 3.8) is 0 Å². The Morgan fingerprint density at radius 2 is 0.923 bits per heavy atom. The average Bonchev–Trinajstić information content (AvgIpc) is 3.72. The van der Waals surface area contributed by atoms with Crippen LogP contribution in [0.1, 0.15) is 22.3 Å². The van der Waals surface area contributed by atoms with Crippen LogP contribution in [0.4, 0.5) is 28.4 Å². The normalized spacial score (nSPS) is 12.8. The largest absolute Gasteiger partial charge is 0.355 e. The Labute approximate surface area is 307 Å². The predicted octanol–water partition coefficient (Wildman–Crippen LogP) is 13.6. The highest BCUT2D eigenvalue weighted by molar-refractivity contribution is 7.25. The number of hydrogen-bond acceptors (Lipinski definition) is 3. The molecule has 1 heterocycles. The Kier molecular flexibility index (Phi) is 7.26. The standard InChI is InChI=1S/C49H34N2S/c1-4-15-34(16-5-1)49(45-25-12-10-23-41(45)42-24-11-13-26-46(42)49)35-17-14-22-39(31-35)51(38-20-8-3-9-21-38)40-28-30-44-43-29-27-37(32-47(43)52-48(44)33-40)50-36-18-6-2-7-19-36/h1-33,50H. The second kappa shape index (κ2) is 12.4. The molecule has 0 amide bonds. The zero-order chi connectivity index (χ0) is 34.5. The van der Waals surface area contributed by atoms with Gasteiger partial charge in [0, 0.05) is 48.6 Å². The van der Waals surface area contributed by atoms with Crippen LogP contribution in [0.2, 0.25) is 0 Å². The number of rotatable bonds is 7. The monoisotopic (exact) mass is 682 g/mol. The van der Waals surface area contributed by atoms with E-state index in [2.05, 4.69) is 204 Å². The molecular weight excluding hydrogens is 649 g/mol. The molecule has 0 unspecified atom stereocenters. The predicted molar refractivity (Wildman–Crippen MR) is 221 cm³/mol. The fraction of sp³-hybridized carbons (Fsp3) is 0.0204. The van der Waals surface area contributed by atoms with Gasteiger partial charge < -0.3 is 10.2 Å². The summed E-state index contributed by atoms with van der Waals surface area (Å²) in [7, 11) is 0. The lowest BCUT2D eigenvalue weighted by Gasteiger charge is -2.35. The van der Waals surface area contributed by atoms with E-state index in [1.165, 1.54) is 53.6 Å². The van der Waals surface area contributed by atoms with E-state index in [4.69, 9.17) is 0 Å². The molecule has 0 radical (unpaired) electrons. The molecule has 0 bridgehead atoms. The average molecular weight is 683 g/mol. The SMILES string of the molecule is c1ccc(Nc2ccc3c(c2)sc2cc(N(c4ccccc4)c4cccc(C5(c6ccccc6)c6ccccc6-c6ccccc65)c4)ccc23)cc1. The number of nitrogens with zero attached hydrogens (tertiary/aromatic N) is 1. The van der Waals surface area contributed by atoms with Gasteiger partial charge in [0.25, 0.3) is 0 Å². The molecule has 1 aliphatic rings. The summed E-state index contributed by atoms with van der Waals surface area (Å²) >= 11 is 1.85. The number of thiophene rings is 1. The molecule has 0 spiro atoms. The summed E-state index contributed by atoms with van der Waals surface area (Å²) in [6.07, 6.45) is 0. The zero-order valence-corrected chi connectivity index (χ0v) is 29.2. The van der Waals surface area contributed by atoms with Gasteiger partial charge in [-0.1, -0.05) is 140 Å². The van der Waals surface area contributed by atoms with E-state index >= 15 is 0 Å². The lowest BCUT2D eigenvalue weighted by atomic mass is 9.67. The van der Waals surface area contributed by atoms with E-state index in [-0.39, 0.29) is 0 Å². The summed E-state index contributed by atoms with van der Waals surface area (Å²) in [5, 5.41) is 6.12. The number of nitrogens with one attached hydrogen (secondary N) is 1. The molecule has 2 nitrogen and oxygen atoms in total. The molecule has 1 N–H and O–H groups in total. The molecule has 0 atom stereocenters. The van der Waals surface area contributed by atoms with Gasteiger partial charge in [0.15, 0.2) is 0 Å². The highest BCUT2D eigenvalue weighted by Crippen LogP contribution is 2.56. The summed E-state index contributed by atoms with van der Waals surface area (Å²) in [4.78, 5) is 2.40. The van der Waals surface area contributed by atoms with Crippen molar-refractivity contribution < 1.29 is 0 Å². The van der Waals surface area contributed by atoms with Crippen LogP contribution >= 0.6 is 11.3 Å². The number of anilines is 5. The Balaban J connectivity index is 1.14. The number of hydrogen-bond donors (Lipinski definition) is 1. The van der Waals surface area contributed by atoms with Gasteiger partial charge in [0.2, 0.25) is 0 Å². The summed E-state index contributed by atoms with van der Waals surface area (Å²) in [6, 6.07) is 72.8. The molecule has 0 saturated heterocycles. The van der Waals surface area contributed by atoms with Crippen LogP contribution in [0.25, 0.3) is 31.3 Å². The van der Waals surface area contributed by atoms with Crippen molar-refractivity contribution >= 4 is 59.9 Å². The number of fused-ring (bicyclic) bond motifs is 6. The van der Waals surface area contributed by atoms with Crippen molar-refractivity contribution in [2.45, 2.75) is 5.41 Å². The van der Waals surface area contributed by atoms with Gasteiger partial charge in [0.1, 0.15) is 0 Å². The van der Waals surface area contributed by atoms with Crippen molar-refractivity contribution in [2.75, 3.05) is 10.2 Å². The first-order valence-electron chi connectivity index (χ1n) is 17.8. The van der Waals surface area contributed by atoms with Crippen LogP contribution in [0.3, 0.4) is 0 Å². The molecule has 0 saturated carbocycles. The lowest BCUT2D eigenvalue weighted by Crippen LogP contribution is -2.28.